The van der Waals surface area contributed by atoms with Gasteiger partial charge in [0.2, 0.25) is 11.8 Å². The summed E-state index contributed by atoms with van der Waals surface area (Å²) in [7, 11) is 3.44. The van der Waals surface area contributed by atoms with E-state index in [4.69, 9.17) is 4.52 Å². The van der Waals surface area contributed by atoms with Crippen LogP contribution in [-0.2, 0) is 11.3 Å². The van der Waals surface area contributed by atoms with Crippen molar-refractivity contribution in [1.29, 1.82) is 0 Å². The number of rotatable bonds is 4. The minimum atomic E-state index is 0.118. The Morgan fingerprint density at radius 1 is 1.45 bits per heavy atom. The number of nitrogens with zero attached hydrogens (tertiary/aromatic N) is 4. The van der Waals surface area contributed by atoms with E-state index in [0.29, 0.717) is 30.6 Å². The highest BCUT2D eigenvalue weighted by Crippen LogP contribution is 2.20. The van der Waals surface area contributed by atoms with Crippen LogP contribution in [-0.4, -0.2) is 54.1 Å². The lowest BCUT2D eigenvalue weighted by Crippen LogP contribution is -2.45. The van der Waals surface area contributed by atoms with Gasteiger partial charge in [0.05, 0.1) is 6.54 Å². The van der Waals surface area contributed by atoms with Crippen molar-refractivity contribution in [2.24, 2.45) is 10.9 Å². The Bertz CT molecular complexity index is 519. The lowest BCUT2D eigenvalue weighted by molar-refractivity contribution is -0.121. The first-order valence-corrected chi connectivity index (χ1v) is 7.57. The number of amides is 1. The Morgan fingerprint density at radius 3 is 2.73 bits per heavy atom. The second-order valence-electron chi connectivity index (χ2n) is 5.44. The molecule has 1 aromatic rings. The topological polar surface area (TPSA) is 95.7 Å². The largest absolute Gasteiger partial charge is 0.359 e. The van der Waals surface area contributed by atoms with E-state index in [1.807, 2.05) is 0 Å². The van der Waals surface area contributed by atoms with Crippen LogP contribution in [0.2, 0.25) is 0 Å². The summed E-state index contributed by atoms with van der Waals surface area (Å²) in [6.07, 6.45) is 2.60. The summed E-state index contributed by atoms with van der Waals surface area (Å²) in [5.74, 6) is 2.57. The zero-order valence-electron chi connectivity index (χ0n) is 13.4. The summed E-state index contributed by atoms with van der Waals surface area (Å²) in [6.45, 7) is 4.04. The molecule has 1 aliphatic heterocycles. The number of hydrogen-bond acceptors (Lipinski definition) is 5. The molecular weight excluding hydrogens is 284 g/mol. The van der Waals surface area contributed by atoms with Crippen LogP contribution in [0.1, 0.15) is 31.0 Å². The highest BCUT2D eigenvalue weighted by molar-refractivity contribution is 5.80. The number of piperidine rings is 1. The summed E-state index contributed by atoms with van der Waals surface area (Å²) in [5.41, 5.74) is 0. The third-order valence-electron chi connectivity index (χ3n) is 3.85. The Balaban J connectivity index is 1.79. The summed E-state index contributed by atoms with van der Waals surface area (Å²) in [4.78, 5) is 22.1. The summed E-state index contributed by atoms with van der Waals surface area (Å²) < 4.78 is 5.08. The molecule has 0 spiro atoms. The van der Waals surface area contributed by atoms with Gasteiger partial charge in [0.25, 0.3) is 0 Å². The van der Waals surface area contributed by atoms with Gasteiger partial charge in [-0.1, -0.05) is 5.16 Å². The molecule has 0 aromatic carbocycles. The van der Waals surface area contributed by atoms with Crippen LogP contribution < -0.4 is 10.6 Å². The predicted molar refractivity (Wildman–Crippen MR) is 82.2 cm³/mol. The second kappa shape index (κ2) is 7.77. The molecule has 0 atom stereocenters. The monoisotopic (exact) mass is 308 g/mol. The highest BCUT2D eigenvalue weighted by atomic mass is 16.5. The highest BCUT2D eigenvalue weighted by Gasteiger charge is 2.23. The lowest BCUT2D eigenvalue weighted by Gasteiger charge is -2.33. The van der Waals surface area contributed by atoms with Gasteiger partial charge in [0, 0.05) is 33.6 Å². The normalized spacial score (nSPS) is 16.7. The van der Waals surface area contributed by atoms with Crippen molar-refractivity contribution in [3.05, 3.63) is 11.7 Å². The molecule has 22 heavy (non-hydrogen) atoms. The maximum Gasteiger partial charge on any atom is 0.246 e. The van der Waals surface area contributed by atoms with Crippen LogP contribution in [0.15, 0.2) is 9.52 Å². The molecule has 0 saturated carbocycles. The van der Waals surface area contributed by atoms with Gasteiger partial charge in [-0.2, -0.15) is 4.98 Å². The van der Waals surface area contributed by atoms with E-state index in [-0.39, 0.29) is 5.91 Å². The lowest BCUT2D eigenvalue weighted by atomic mass is 9.93. The summed E-state index contributed by atoms with van der Waals surface area (Å²) in [6, 6.07) is 0. The Kier molecular flexibility index (Phi) is 5.74. The molecule has 0 bridgehead atoms. The fourth-order valence-corrected chi connectivity index (χ4v) is 2.61. The molecule has 2 rings (SSSR count). The second-order valence-corrected chi connectivity index (χ2v) is 5.44. The number of carbonyl (C=O) groups is 1. The SMILES string of the molecule is CN=C(NCc1nc(C)no1)N1CCC(CC(=O)NC)CC1. The zero-order valence-corrected chi connectivity index (χ0v) is 13.4. The molecule has 2 heterocycles. The molecule has 122 valence electrons. The van der Waals surface area contributed by atoms with E-state index in [1.165, 1.54) is 0 Å². The molecule has 0 radical (unpaired) electrons. The van der Waals surface area contributed by atoms with E-state index in [0.717, 1.165) is 31.9 Å². The predicted octanol–water partition coefficient (Wildman–Crippen LogP) is 0.302. The summed E-state index contributed by atoms with van der Waals surface area (Å²) in [5, 5.41) is 9.68. The van der Waals surface area contributed by atoms with E-state index in [2.05, 4.69) is 30.7 Å². The van der Waals surface area contributed by atoms with E-state index >= 15 is 0 Å². The Morgan fingerprint density at radius 2 is 2.18 bits per heavy atom. The van der Waals surface area contributed by atoms with Crippen LogP contribution in [0.3, 0.4) is 0 Å². The molecule has 1 aliphatic rings. The average molecular weight is 308 g/mol. The van der Waals surface area contributed by atoms with E-state index < -0.39 is 0 Å². The molecule has 8 heteroatoms. The summed E-state index contributed by atoms with van der Waals surface area (Å²) >= 11 is 0. The molecule has 2 N–H and O–H groups in total. The van der Waals surface area contributed by atoms with Crippen molar-refractivity contribution < 1.29 is 9.32 Å². The number of likely N-dealkylation sites (tertiary alicyclic amines) is 1. The van der Waals surface area contributed by atoms with Crippen molar-refractivity contribution in [2.75, 3.05) is 27.2 Å². The van der Waals surface area contributed by atoms with Crippen LogP contribution in [0.25, 0.3) is 0 Å². The van der Waals surface area contributed by atoms with Crippen LogP contribution in [0, 0.1) is 12.8 Å². The van der Waals surface area contributed by atoms with E-state index in [9.17, 15) is 4.79 Å². The number of aromatic nitrogens is 2. The Labute approximate surface area is 130 Å². The quantitative estimate of drug-likeness (QED) is 0.613. The van der Waals surface area contributed by atoms with Crippen molar-refractivity contribution >= 4 is 11.9 Å². The van der Waals surface area contributed by atoms with Gasteiger partial charge < -0.3 is 20.1 Å². The third-order valence-corrected chi connectivity index (χ3v) is 3.85. The number of aliphatic imine (C=N–C) groups is 1. The van der Waals surface area contributed by atoms with Crippen LogP contribution >= 0.6 is 0 Å². The number of aryl methyl sites for hydroxylation is 1. The van der Waals surface area contributed by atoms with Crippen molar-refractivity contribution in [3.8, 4) is 0 Å². The Hall–Kier alpha value is -2.12. The van der Waals surface area contributed by atoms with Gasteiger partial charge in [-0.25, -0.2) is 0 Å². The van der Waals surface area contributed by atoms with Gasteiger partial charge in [-0.15, -0.1) is 0 Å². The molecule has 1 amide bonds. The van der Waals surface area contributed by atoms with E-state index in [1.54, 1.807) is 21.0 Å². The van der Waals surface area contributed by atoms with Crippen LogP contribution in [0.5, 0.6) is 0 Å². The zero-order chi connectivity index (χ0) is 15.9. The van der Waals surface area contributed by atoms with Gasteiger partial charge >= 0.3 is 0 Å². The maximum absolute atomic E-state index is 11.4. The minimum Gasteiger partial charge on any atom is -0.359 e. The average Bonchev–Trinajstić information content (AvgIpc) is 2.95. The van der Waals surface area contributed by atoms with Crippen molar-refractivity contribution in [1.82, 2.24) is 25.7 Å². The first-order valence-electron chi connectivity index (χ1n) is 7.57. The fraction of sp³-hybridized carbons (Fsp3) is 0.714. The first-order chi connectivity index (χ1) is 10.6. The van der Waals surface area contributed by atoms with Gasteiger partial charge in [0.1, 0.15) is 0 Å². The maximum atomic E-state index is 11.4. The number of guanidine groups is 1. The van der Waals surface area contributed by atoms with Crippen LogP contribution in [0.4, 0.5) is 0 Å². The molecule has 1 fully saturated rings. The van der Waals surface area contributed by atoms with Gasteiger partial charge in [0.15, 0.2) is 11.8 Å². The van der Waals surface area contributed by atoms with Crippen molar-refractivity contribution in [2.45, 2.75) is 32.7 Å². The minimum absolute atomic E-state index is 0.118. The molecule has 0 unspecified atom stereocenters. The molecule has 1 aromatic heterocycles. The number of carbonyl (C=O) groups excluding carboxylic acids is 1. The molecule has 8 nitrogen and oxygen atoms in total. The van der Waals surface area contributed by atoms with Gasteiger partial charge in [-0.3, -0.25) is 9.79 Å². The molecule has 0 aliphatic carbocycles. The third kappa shape index (κ3) is 4.44. The fourth-order valence-electron chi connectivity index (χ4n) is 2.61. The smallest absolute Gasteiger partial charge is 0.246 e. The number of hydrogen-bond donors (Lipinski definition) is 2. The standard InChI is InChI=1S/C14H24N6O2/c1-10-18-13(22-19-10)9-17-14(16-3)20-6-4-11(5-7-20)8-12(21)15-2/h11H,4-9H2,1-3H3,(H,15,21)(H,16,17). The number of nitrogens with one attached hydrogen (secondary N) is 2. The molecule has 1 saturated heterocycles. The van der Waals surface area contributed by atoms with Crippen molar-refractivity contribution in [3.63, 3.8) is 0 Å². The molecular formula is C14H24N6O2. The van der Waals surface area contributed by atoms with Gasteiger partial charge in [-0.05, 0) is 25.7 Å². The first kappa shape index (κ1) is 16.3.